The third kappa shape index (κ3) is 2.64. The number of carbonyl (C=O) groups is 1. The summed E-state index contributed by atoms with van der Waals surface area (Å²) in [6.45, 7) is 2.86. The average molecular weight is 264 g/mol. The highest BCUT2D eigenvalue weighted by Crippen LogP contribution is 2.22. The number of ether oxygens (including phenoxy) is 1. The van der Waals surface area contributed by atoms with Crippen LogP contribution >= 0.6 is 0 Å². The maximum absolute atomic E-state index is 12.4. The molecule has 1 amide bonds. The number of aryl methyl sites for hydroxylation is 1. The maximum atomic E-state index is 12.4. The molecule has 3 rings (SSSR count). The SMILES string of the molecule is Cn1cc(C2CN(C(=O)[C@@H]3CCCN3)CCO2)cn1. The highest BCUT2D eigenvalue weighted by molar-refractivity contribution is 5.82. The van der Waals surface area contributed by atoms with Gasteiger partial charge in [-0.3, -0.25) is 9.48 Å². The molecule has 1 N–H and O–H groups in total. The zero-order valence-electron chi connectivity index (χ0n) is 11.2. The van der Waals surface area contributed by atoms with E-state index in [1.54, 1.807) is 4.68 Å². The topological polar surface area (TPSA) is 59.4 Å². The fraction of sp³-hybridized carbons (Fsp3) is 0.692. The van der Waals surface area contributed by atoms with Gasteiger partial charge in [-0.2, -0.15) is 5.10 Å². The molecule has 2 saturated heterocycles. The standard InChI is InChI=1S/C13H20N4O2/c1-16-8-10(7-15-16)12-9-17(5-6-19-12)13(18)11-3-2-4-14-11/h7-8,11-12,14H,2-6,9H2,1H3/t11-,12?/m0/s1. The number of nitrogens with one attached hydrogen (secondary N) is 1. The Morgan fingerprint density at radius 3 is 3.16 bits per heavy atom. The van der Waals surface area contributed by atoms with Crippen molar-refractivity contribution in [2.24, 2.45) is 7.05 Å². The lowest BCUT2D eigenvalue weighted by Gasteiger charge is -2.34. The molecule has 1 aromatic rings. The Kier molecular flexibility index (Phi) is 3.52. The molecule has 2 atom stereocenters. The Labute approximate surface area is 112 Å². The van der Waals surface area contributed by atoms with E-state index in [4.69, 9.17) is 4.74 Å². The van der Waals surface area contributed by atoms with Gasteiger partial charge in [0.25, 0.3) is 0 Å². The number of hydrogen-bond acceptors (Lipinski definition) is 4. The first-order chi connectivity index (χ1) is 9.24. The zero-order chi connectivity index (χ0) is 13.2. The zero-order valence-corrected chi connectivity index (χ0v) is 11.2. The van der Waals surface area contributed by atoms with Crippen molar-refractivity contribution in [3.8, 4) is 0 Å². The van der Waals surface area contributed by atoms with E-state index in [0.29, 0.717) is 19.7 Å². The smallest absolute Gasteiger partial charge is 0.239 e. The molecule has 19 heavy (non-hydrogen) atoms. The Balaban J connectivity index is 1.65. The van der Waals surface area contributed by atoms with E-state index in [0.717, 1.165) is 24.9 Å². The molecule has 0 spiro atoms. The van der Waals surface area contributed by atoms with Gasteiger partial charge >= 0.3 is 0 Å². The van der Waals surface area contributed by atoms with Crippen LogP contribution in [0.1, 0.15) is 24.5 Å². The molecule has 104 valence electrons. The monoisotopic (exact) mass is 264 g/mol. The van der Waals surface area contributed by atoms with Crippen molar-refractivity contribution >= 4 is 5.91 Å². The van der Waals surface area contributed by atoms with Crippen LogP contribution in [0, 0.1) is 0 Å². The first kappa shape index (κ1) is 12.6. The second kappa shape index (κ2) is 5.30. The van der Waals surface area contributed by atoms with Crippen molar-refractivity contribution in [3.05, 3.63) is 18.0 Å². The summed E-state index contributed by atoms with van der Waals surface area (Å²) in [7, 11) is 1.89. The molecule has 1 unspecified atom stereocenters. The van der Waals surface area contributed by atoms with Crippen molar-refractivity contribution in [2.75, 3.05) is 26.2 Å². The quantitative estimate of drug-likeness (QED) is 0.821. The van der Waals surface area contributed by atoms with Crippen LogP contribution in [0.2, 0.25) is 0 Å². The summed E-state index contributed by atoms with van der Waals surface area (Å²) < 4.78 is 7.51. The highest BCUT2D eigenvalue weighted by Gasteiger charge is 2.31. The number of carbonyl (C=O) groups excluding carboxylic acids is 1. The van der Waals surface area contributed by atoms with Crippen LogP contribution in [-0.2, 0) is 16.6 Å². The minimum atomic E-state index is -0.0483. The molecular formula is C13H20N4O2. The molecule has 0 saturated carbocycles. The molecule has 6 nitrogen and oxygen atoms in total. The molecule has 0 radical (unpaired) electrons. The normalized spacial score (nSPS) is 27.7. The predicted octanol–water partition coefficient (Wildman–Crippen LogP) is 0.0720. The fourth-order valence-corrected chi connectivity index (χ4v) is 2.77. The lowest BCUT2D eigenvalue weighted by molar-refractivity contribution is -0.140. The van der Waals surface area contributed by atoms with Gasteiger partial charge in [0.15, 0.2) is 0 Å². The third-order valence-electron chi connectivity index (χ3n) is 3.83. The summed E-state index contributed by atoms with van der Waals surface area (Å²) in [6, 6.07) is 0.00708. The summed E-state index contributed by atoms with van der Waals surface area (Å²) in [6.07, 6.45) is 5.76. The molecular weight excluding hydrogens is 244 g/mol. The van der Waals surface area contributed by atoms with Gasteiger partial charge < -0.3 is 15.0 Å². The van der Waals surface area contributed by atoms with Gasteiger partial charge in [-0.1, -0.05) is 0 Å². The maximum Gasteiger partial charge on any atom is 0.239 e. The number of nitrogens with zero attached hydrogens (tertiary/aromatic N) is 3. The number of rotatable bonds is 2. The lowest BCUT2D eigenvalue weighted by Crippen LogP contribution is -2.49. The first-order valence-corrected chi connectivity index (χ1v) is 6.86. The fourth-order valence-electron chi connectivity index (χ4n) is 2.77. The Morgan fingerprint density at radius 1 is 1.58 bits per heavy atom. The Hall–Kier alpha value is -1.40. The van der Waals surface area contributed by atoms with Crippen LogP contribution in [0.3, 0.4) is 0 Å². The summed E-state index contributed by atoms with van der Waals surface area (Å²) in [4.78, 5) is 14.3. The van der Waals surface area contributed by atoms with E-state index in [9.17, 15) is 4.79 Å². The second-order valence-electron chi connectivity index (χ2n) is 5.24. The number of amides is 1. The van der Waals surface area contributed by atoms with Crippen molar-refractivity contribution in [1.29, 1.82) is 0 Å². The largest absolute Gasteiger partial charge is 0.370 e. The molecule has 2 aliphatic rings. The van der Waals surface area contributed by atoms with Crippen LogP contribution in [-0.4, -0.2) is 52.9 Å². The molecule has 6 heteroatoms. The first-order valence-electron chi connectivity index (χ1n) is 6.86. The van der Waals surface area contributed by atoms with E-state index in [2.05, 4.69) is 10.4 Å². The predicted molar refractivity (Wildman–Crippen MR) is 69.5 cm³/mol. The number of morpholine rings is 1. The molecule has 0 aliphatic carbocycles. The van der Waals surface area contributed by atoms with Gasteiger partial charge in [-0.05, 0) is 19.4 Å². The van der Waals surface area contributed by atoms with E-state index in [-0.39, 0.29) is 18.1 Å². The molecule has 2 aliphatic heterocycles. The van der Waals surface area contributed by atoms with Crippen LogP contribution < -0.4 is 5.32 Å². The van der Waals surface area contributed by atoms with Gasteiger partial charge in [-0.25, -0.2) is 0 Å². The number of aromatic nitrogens is 2. The van der Waals surface area contributed by atoms with Gasteiger partial charge in [0.2, 0.25) is 5.91 Å². The van der Waals surface area contributed by atoms with E-state index >= 15 is 0 Å². The second-order valence-corrected chi connectivity index (χ2v) is 5.24. The van der Waals surface area contributed by atoms with E-state index in [1.165, 1.54) is 0 Å². The third-order valence-corrected chi connectivity index (χ3v) is 3.83. The summed E-state index contributed by atoms with van der Waals surface area (Å²) >= 11 is 0. The van der Waals surface area contributed by atoms with Gasteiger partial charge in [-0.15, -0.1) is 0 Å². The van der Waals surface area contributed by atoms with Crippen molar-refractivity contribution in [3.63, 3.8) is 0 Å². The summed E-state index contributed by atoms with van der Waals surface area (Å²) in [5.74, 6) is 0.217. The Bertz CT molecular complexity index is 453. The summed E-state index contributed by atoms with van der Waals surface area (Å²) in [5, 5.41) is 7.42. The van der Waals surface area contributed by atoms with Crippen molar-refractivity contribution in [1.82, 2.24) is 20.0 Å². The molecule has 2 fully saturated rings. The van der Waals surface area contributed by atoms with E-state index < -0.39 is 0 Å². The van der Waals surface area contributed by atoms with Crippen LogP contribution in [0.15, 0.2) is 12.4 Å². The highest BCUT2D eigenvalue weighted by atomic mass is 16.5. The number of hydrogen-bond donors (Lipinski definition) is 1. The molecule has 3 heterocycles. The van der Waals surface area contributed by atoms with Crippen molar-refractivity contribution in [2.45, 2.75) is 25.0 Å². The van der Waals surface area contributed by atoms with Crippen LogP contribution in [0.25, 0.3) is 0 Å². The average Bonchev–Trinajstić information content (AvgIpc) is 3.09. The van der Waals surface area contributed by atoms with Gasteiger partial charge in [0.05, 0.1) is 25.4 Å². The minimum Gasteiger partial charge on any atom is -0.370 e. The molecule has 0 aromatic carbocycles. The van der Waals surface area contributed by atoms with Gasteiger partial charge in [0, 0.05) is 25.4 Å². The van der Waals surface area contributed by atoms with E-state index in [1.807, 2.05) is 24.3 Å². The summed E-state index contributed by atoms with van der Waals surface area (Å²) in [5.41, 5.74) is 1.04. The molecule has 1 aromatic heterocycles. The molecule has 0 bridgehead atoms. The Morgan fingerprint density at radius 2 is 2.47 bits per heavy atom. The lowest BCUT2D eigenvalue weighted by atomic mass is 10.1. The van der Waals surface area contributed by atoms with Gasteiger partial charge in [0.1, 0.15) is 6.10 Å². The van der Waals surface area contributed by atoms with Crippen molar-refractivity contribution < 1.29 is 9.53 Å². The minimum absolute atomic E-state index is 0.00708. The van der Waals surface area contributed by atoms with Crippen LogP contribution in [0.4, 0.5) is 0 Å². The van der Waals surface area contributed by atoms with Crippen LogP contribution in [0.5, 0.6) is 0 Å².